The van der Waals surface area contributed by atoms with Crippen molar-refractivity contribution >= 4 is 31.5 Å². The van der Waals surface area contributed by atoms with Crippen LogP contribution in [-0.4, -0.2) is 9.97 Å². The topological polar surface area (TPSA) is 25.8 Å². The summed E-state index contributed by atoms with van der Waals surface area (Å²) in [4.78, 5) is 8.28. The molecule has 0 aliphatic carbocycles. The van der Waals surface area contributed by atoms with Gasteiger partial charge in [-0.1, -0.05) is 66.7 Å². The minimum Gasteiger partial charge on any atom is -0.237 e. The molecule has 0 N–H and O–H groups in total. The zero-order valence-corrected chi connectivity index (χ0v) is 14.4. The predicted molar refractivity (Wildman–Crippen MR) is 107 cm³/mol. The summed E-state index contributed by atoms with van der Waals surface area (Å²) in [5.74, 6) is 0.776. The van der Waals surface area contributed by atoms with Gasteiger partial charge >= 0.3 is 0 Å². The summed E-state index contributed by atoms with van der Waals surface area (Å²) in [7, 11) is 0. The van der Waals surface area contributed by atoms with Crippen molar-refractivity contribution in [1.29, 1.82) is 0 Å². The van der Waals surface area contributed by atoms with Crippen LogP contribution in [-0.2, 0) is 0 Å². The molecule has 0 radical (unpaired) electrons. The Balaban J connectivity index is 0.000000126. The fourth-order valence-corrected chi connectivity index (χ4v) is 3.82. The van der Waals surface area contributed by atoms with Gasteiger partial charge in [0.15, 0.2) is 5.82 Å². The highest BCUT2D eigenvalue weighted by molar-refractivity contribution is 7.25. The van der Waals surface area contributed by atoms with Gasteiger partial charge in [-0.15, -0.1) is 11.3 Å². The Morgan fingerprint density at radius 3 is 1.64 bits per heavy atom. The largest absolute Gasteiger partial charge is 0.237 e. The highest BCUT2D eigenvalue weighted by atomic mass is 32.1. The highest BCUT2D eigenvalue weighted by Crippen LogP contribution is 2.32. The molecule has 0 atom stereocenters. The van der Waals surface area contributed by atoms with E-state index in [0.29, 0.717) is 0 Å². The minimum absolute atomic E-state index is 0.776. The molecule has 0 saturated carbocycles. The second-order valence-electron chi connectivity index (χ2n) is 5.53. The van der Waals surface area contributed by atoms with Gasteiger partial charge in [0.25, 0.3) is 0 Å². The maximum Gasteiger partial charge on any atom is 0.159 e. The van der Waals surface area contributed by atoms with E-state index < -0.39 is 0 Å². The first-order valence-corrected chi connectivity index (χ1v) is 8.92. The van der Waals surface area contributed by atoms with Crippen LogP contribution < -0.4 is 0 Å². The van der Waals surface area contributed by atoms with E-state index in [-0.39, 0.29) is 0 Å². The lowest BCUT2D eigenvalue weighted by molar-refractivity contribution is 1.18. The zero-order valence-electron chi connectivity index (χ0n) is 13.5. The zero-order chi connectivity index (χ0) is 16.9. The monoisotopic (exact) mass is 340 g/mol. The molecule has 3 aromatic carbocycles. The van der Waals surface area contributed by atoms with Crippen molar-refractivity contribution in [1.82, 2.24) is 9.97 Å². The first kappa shape index (κ1) is 15.5. The summed E-state index contributed by atoms with van der Waals surface area (Å²) in [6.45, 7) is 0. The number of nitrogens with zero attached hydrogens (tertiary/aromatic N) is 2. The van der Waals surface area contributed by atoms with Gasteiger partial charge in [-0.05, 0) is 18.2 Å². The molecule has 0 amide bonds. The van der Waals surface area contributed by atoms with Gasteiger partial charge in [0.05, 0.1) is 0 Å². The third-order valence-electron chi connectivity index (χ3n) is 3.88. The van der Waals surface area contributed by atoms with E-state index in [4.69, 9.17) is 0 Å². The number of thiophene rings is 1. The van der Waals surface area contributed by atoms with Crippen LogP contribution >= 0.6 is 11.3 Å². The van der Waals surface area contributed by atoms with E-state index >= 15 is 0 Å². The lowest BCUT2D eigenvalue weighted by Crippen LogP contribution is -1.84. The van der Waals surface area contributed by atoms with Gasteiger partial charge in [-0.25, -0.2) is 9.97 Å². The minimum atomic E-state index is 0.776. The van der Waals surface area contributed by atoms with E-state index in [0.717, 1.165) is 11.4 Å². The standard InChI is InChI=1S/C12H8S.C10H8N2/c1-3-7-11-9(5-1)10-6-2-4-8-12(10)13-11;1-2-5-9(6-3-1)10-11-7-4-8-12-10/h1-8H;1-8H. The first-order valence-electron chi connectivity index (χ1n) is 8.10. The molecular weight excluding hydrogens is 324 g/mol. The van der Waals surface area contributed by atoms with Gasteiger partial charge in [-0.2, -0.15) is 0 Å². The summed E-state index contributed by atoms with van der Waals surface area (Å²) >= 11 is 1.86. The second-order valence-corrected chi connectivity index (χ2v) is 6.62. The van der Waals surface area contributed by atoms with Crippen molar-refractivity contribution in [3.05, 3.63) is 97.3 Å². The molecular formula is C22H16N2S. The van der Waals surface area contributed by atoms with Gasteiger partial charge < -0.3 is 0 Å². The Morgan fingerprint density at radius 1 is 0.520 bits per heavy atom. The van der Waals surface area contributed by atoms with Crippen LogP contribution in [0, 0.1) is 0 Å². The molecule has 0 aliphatic rings. The van der Waals surface area contributed by atoms with Crippen LogP contribution in [0.3, 0.4) is 0 Å². The second kappa shape index (κ2) is 7.24. The van der Waals surface area contributed by atoms with Gasteiger partial charge in [-0.3, -0.25) is 0 Å². The van der Waals surface area contributed by atoms with Crippen molar-refractivity contribution in [3.63, 3.8) is 0 Å². The Labute approximate surface area is 150 Å². The number of aromatic nitrogens is 2. The fraction of sp³-hybridized carbons (Fsp3) is 0. The Bertz CT molecular complexity index is 998. The molecule has 2 heterocycles. The number of hydrogen-bond acceptors (Lipinski definition) is 3. The lowest BCUT2D eigenvalue weighted by atomic mass is 10.2. The van der Waals surface area contributed by atoms with Crippen LogP contribution in [0.15, 0.2) is 97.3 Å². The molecule has 120 valence electrons. The average molecular weight is 340 g/mol. The number of fused-ring (bicyclic) bond motifs is 3. The molecule has 2 nitrogen and oxygen atoms in total. The molecule has 2 aromatic heterocycles. The van der Waals surface area contributed by atoms with Crippen LogP contribution in [0.25, 0.3) is 31.6 Å². The third kappa shape index (κ3) is 3.42. The highest BCUT2D eigenvalue weighted by Gasteiger charge is 2.01. The molecule has 3 heteroatoms. The van der Waals surface area contributed by atoms with Crippen molar-refractivity contribution in [3.8, 4) is 11.4 Å². The third-order valence-corrected chi connectivity index (χ3v) is 5.03. The van der Waals surface area contributed by atoms with Crippen molar-refractivity contribution < 1.29 is 0 Å². The van der Waals surface area contributed by atoms with E-state index in [2.05, 4.69) is 58.5 Å². The Morgan fingerprint density at radius 2 is 1.04 bits per heavy atom. The van der Waals surface area contributed by atoms with E-state index in [1.54, 1.807) is 12.4 Å². The molecule has 25 heavy (non-hydrogen) atoms. The predicted octanol–water partition coefficient (Wildman–Crippen LogP) is 6.20. The fourth-order valence-electron chi connectivity index (χ4n) is 2.71. The Hall–Kier alpha value is -3.04. The number of hydrogen-bond donors (Lipinski definition) is 0. The van der Waals surface area contributed by atoms with Crippen LogP contribution in [0.4, 0.5) is 0 Å². The summed E-state index contributed by atoms with van der Waals surface area (Å²) in [5, 5.41) is 2.76. The maximum absolute atomic E-state index is 4.14. The van der Waals surface area contributed by atoms with Crippen molar-refractivity contribution in [2.45, 2.75) is 0 Å². The van der Waals surface area contributed by atoms with Gasteiger partial charge in [0.2, 0.25) is 0 Å². The Kier molecular flexibility index (Phi) is 4.49. The molecule has 5 rings (SSSR count). The van der Waals surface area contributed by atoms with Crippen LogP contribution in [0.2, 0.25) is 0 Å². The maximum atomic E-state index is 4.14. The number of rotatable bonds is 1. The van der Waals surface area contributed by atoms with Gasteiger partial charge in [0, 0.05) is 38.1 Å². The van der Waals surface area contributed by atoms with Crippen molar-refractivity contribution in [2.75, 3.05) is 0 Å². The average Bonchev–Trinajstić information content (AvgIpc) is 3.09. The SMILES string of the molecule is c1ccc(-c2ncccn2)cc1.c1ccc2c(c1)sc1ccccc12. The summed E-state index contributed by atoms with van der Waals surface area (Å²) in [6.07, 6.45) is 3.49. The molecule has 0 fully saturated rings. The summed E-state index contributed by atoms with van der Waals surface area (Å²) in [6, 6.07) is 28.9. The molecule has 0 unspecified atom stereocenters. The van der Waals surface area contributed by atoms with E-state index in [1.165, 1.54) is 20.2 Å². The van der Waals surface area contributed by atoms with Crippen LogP contribution in [0.5, 0.6) is 0 Å². The summed E-state index contributed by atoms with van der Waals surface area (Å²) < 4.78 is 2.76. The van der Waals surface area contributed by atoms with Gasteiger partial charge in [0.1, 0.15) is 0 Å². The smallest absolute Gasteiger partial charge is 0.159 e. The number of benzene rings is 3. The van der Waals surface area contributed by atoms with Crippen molar-refractivity contribution in [2.24, 2.45) is 0 Å². The summed E-state index contributed by atoms with van der Waals surface area (Å²) in [5.41, 5.74) is 1.05. The van der Waals surface area contributed by atoms with E-state index in [1.807, 2.05) is 47.7 Å². The molecule has 0 bridgehead atoms. The lowest BCUT2D eigenvalue weighted by Gasteiger charge is -1.96. The molecule has 0 aliphatic heterocycles. The first-order chi connectivity index (χ1) is 12.4. The van der Waals surface area contributed by atoms with E-state index in [9.17, 15) is 0 Å². The molecule has 0 saturated heterocycles. The van der Waals surface area contributed by atoms with Crippen LogP contribution in [0.1, 0.15) is 0 Å². The quantitative estimate of drug-likeness (QED) is 0.363. The molecule has 5 aromatic rings. The molecule has 0 spiro atoms. The normalized spacial score (nSPS) is 10.4.